The number of methoxy groups -OCH3 is 1. The quantitative estimate of drug-likeness (QED) is 0.905. The van der Waals surface area contributed by atoms with Crippen LogP contribution < -0.4 is 10.1 Å². The Kier molecular flexibility index (Phi) is 4.04. The molecule has 2 atom stereocenters. The van der Waals surface area contributed by atoms with Crippen LogP contribution in [0.25, 0.3) is 6.08 Å². The molecule has 0 aromatic heterocycles. The monoisotopic (exact) mass is 281 g/mol. The number of ether oxygens (including phenoxy) is 1. The second-order valence-corrected chi connectivity index (χ2v) is 5.19. The van der Waals surface area contributed by atoms with Crippen molar-refractivity contribution in [1.82, 2.24) is 5.32 Å². The van der Waals surface area contributed by atoms with Crippen LogP contribution in [-0.4, -0.2) is 18.3 Å². The fourth-order valence-corrected chi connectivity index (χ4v) is 2.60. The van der Waals surface area contributed by atoms with Gasteiger partial charge in [0.15, 0.2) is 0 Å². The van der Waals surface area contributed by atoms with Gasteiger partial charge in [-0.25, -0.2) is 0 Å². The topological polar surface area (TPSA) is 41.5 Å². The molecule has 0 saturated heterocycles. The van der Waals surface area contributed by atoms with Crippen LogP contribution in [0.15, 0.2) is 54.6 Å². The number of hydrogen-bond acceptors (Lipinski definition) is 3. The molecule has 0 saturated carbocycles. The Bertz CT molecular complexity index is 634. The molecule has 1 unspecified atom stereocenters. The Morgan fingerprint density at radius 2 is 1.86 bits per heavy atom. The van der Waals surface area contributed by atoms with Gasteiger partial charge in [-0.2, -0.15) is 0 Å². The highest BCUT2D eigenvalue weighted by Gasteiger charge is 2.23. The van der Waals surface area contributed by atoms with Crippen LogP contribution >= 0.6 is 0 Å². The van der Waals surface area contributed by atoms with E-state index in [9.17, 15) is 5.11 Å². The minimum absolute atomic E-state index is 0.0676. The highest BCUT2D eigenvalue weighted by Crippen LogP contribution is 2.27. The summed E-state index contributed by atoms with van der Waals surface area (Å²) < 4.78 is 5.15. The number of benzene rings is 2. The minimum atomic E-state index is -0.510. The zero-order chi connectivity index (χ0) is 14.7. The predicted molar refractivity (Wildman–Crippen MR) is 84.1 cm³/mol. The molecule has 3 heteroatoms. The van der Waals surface area contributed by atoms with Gasteiger partial charge in [0.05, 0.1) is 19.3 Å². The lowest BCUT2D eigenvalue weighted by atomic mass is 9.91. The molecule has 2 aromatic carbocycles. The number of fused-ring (bicyclic) bond motifs is 1. The summed E-state index contributed by atoms with van der Waals surface area (Å²) in [6.45, 7) is 0.707. The fraction of sp³-hybridized carbons (Fsp3) is 0.222. The van der Waals surface area contributed by atoms with E-state index in [0.717, 1.165) is 22.4 Å². The third-order valence-electron chi connectivity index (χ3n) is 3.84. The van der Waals surface area contributed by atoms with Gasteiger partial charge < -0.3 is 15.2 Å². The largest absolute Gasteiger partial charge is 0.497 e. The molecule has 2 N–H and O–H groups in total. The zero-order valence-corrected chi connectivity index (χ0v) is 12.0. The highest BCUT2D eigenvalue weighted by molar-refractivity contribution is 5.58. The summed E-state index contributed by atoms with van der Waals surface area (Å²) in [4.78, 5) is 0. The molecule has 1 aliphatic carbocycles. The highest BCUT2D eigenvalue weighted by atomic mass is 16.5. The predicted octanol–water partition coefficient (Wildman–Crippen LogP) is 2.91. The molecule has 3 nitrogen and oxygen atoms in total. The number of aliphatic hydroxyl groups excluding tert-OH is 1. The van der Waals surface area contributed by atoms with Crippen LogP contribution in [0, 0.1) is 0 Å². The van der Waals surface area contributed by atoms with Crippen molar-refractivity contribution >= 4 is 6.08 Å². The van der Waals surface area contributed by atoms with Crippen molar-refractivity contribution in [2.45, 2.75) is 18.7 Å². The first kappa shape index (κ1) is 13.9. The van der Waals surface area contributed by atoms with E-state index in [4.69, 9.17) is 4.74 Å². The van der Waals surface area contributed by atoms with E-state index in [-0.39, 0.29) is 6.04 Å². The van der Waals surface area contributed by atoms with Gasteiger partial charge >= 0.3 is 0 Å². The maximum Gasteiger partial charge on any atom is 0.118 e. The van der Waals surface area contributed by atoms with E-state index < -0.39 is 6.10 Å². The molecule has 0 spiro atoms. The van der Waals surface area contributed by atoms with E-state index in [0.29, 0.717) is 6.54 Å². The van der Waals surface area contributed by atoms with Gasteiger partial charge in [-0.1, -0.05) is 48.6 Å². The number of nitrogens with one attached hydrogen (secondary N) is 1. The molecule has 2 aromatic rings. The molecular weight excluding hydrogens is 262 g/mol. The lowest BCUT2D eigenvalue weighted by Gasteiger charge is -2.26. The van der Waals surface area contributed by atoms with Gasteiger partial charge in [0.25, 0.3) is 0 Å². The van der Waals surface area contributed by atoms with E-state index in [1.807, 2.05) is 54.6 Å². The van der Waals surface area contributed by atoms with Crippen molar-refractivity contribution in [3.63, 3.8) is 0 Å². The molecule has 0 amide bonds. The Balaban J connectivity index is 1.66. The first-order valence-electron chi connectivity index (χ1n) is 7.09. The van der Waals surface area contributed by atoms with Crippen molar-refractivity contribution < 1.29 is 9.84 Å². The van der Waals surface area contributed by atoms with Gasteiger partial charge in [0.1, 0.15) is 5.75 Å². The third-order valence-corrected chi connectivity index (χ3v) is 3.84. The SMILES string of the molecule is COc1ccc(CNC2C=Cc3ccccc3[C@H]2O)cc1. The molecule has 0 aliphatic heterocycles. The van der Waals surface area contributed by atoms with E-state index in [1.54, 1.807) is 7.11 Å². The molecule has 21 heavy (non-hydrogen) atoms. The second-order valence-electron chi connectivity index (χ2n) is 5.19. The van der Waals surface area contributed by atoms with Crippen molar-refractivity contribution in [3.8, 4) is 5.75 Å². The Hall–Kier alpha value is -2.10. The Labute approximate surface area is 124 Å². The summed E-state index contributed by atoms with van der Waals surface area (Å²) in [7, 11) is 1.66. The van der Waals surface area contributed by atoms with Crippen LogP contribution in [-0.2, 0) is 6.54 Å². The number of rotatable bonds is 4. The van der Waals surface area contributed by atoms with Gasteiger partial charge in [-0.05, 0) is 28.8 Å². The number of hydrogen-bond donors (Lipinski definition) is 2. The first-order chi connectivity index (χ1) is 10.3. The molecular formula is C18H19NO2. The smallest absolute Gasteiger partial charge is 0.118 e. The van der Waals surface area contributed by atoms with Crippen molar-refractivity contribution in [2.24, 2.45) is 0 Å². The Morgan fingerprint density at radius 3 is 2.62 bits per heavy atom. The van der Waals surface area contributed by atoms with Crippen molar-refractivity contribution in [3.05, 3.63) is 71.3 Å². The first-order valence-corrected chi connectivity index (χ1v) is 7.09. The van der Waals surface area contributed by atoms with E-state index in [1.165, 1.54) is 0 Å². The normalized spacial score (nSPS) is 20.1. The lowest BCUT2D eigenvalue weighted by molar-refractivity contribution is 0.145. The molecule has 1 aliphatic rings. The number of aliphatic hydroxyl groups is 1. The van der Waals surface area contributed by atoms with Crippen LogP contribution in [0.2, 0.25) is 0 Å². The maximum absolute atomic E-state index is 10.4. The second kappa shape index (κ2) is 6.12. The van der Waals surface area contributed by atoms with E-state index in [2.05, 4.69) is 11.4 Å². The summed E-state index contributed by atoms with van der Waals surface area (Å²) in [6, 6.07) is 15.8. The molecule has 3 rings (SSSR count). The van der Waals surface area contributed by atoms with Crippen LogP contribution in [0.5, 0.6) is 5.75 Å². The third kappa shape index (κ3) is 2.99. The summed E-state index contributed by atoms with van der Waals surface area (Å²) in [5.74, 6) is 0.852. The van der Waals surface area contributed by atoms with Crippen molar-refractivity contribution in [2.75, 3.05) is 7.11 Å². The Morgan fingerprint density at radius 1 is 1.10 bits per heavy atom. The van der Waals surface area contributed by atoms with Crippen LogP contribution in [0.1, 0.15) is 22.8 Å². The van der Waals surface area contributed by atoms with Gasteiger partial charge in [-0.15, -0.1) is 0 Å². The molecule has 0 bridgehead atoms. The van der Waals surface area contributed by atoms with Gasteiger partial charge in [0.2, 0.25) is 0 Å². The average molecular weight is 281 g/mol. The lowest BCUT2D eigenvalue weighted by Crippen LogP contribution is -2.34. The summed E-state index contributed by atoms with van der Waals surface area (Å²) in [6.07, 6.45) is 3.58. The van der Waals surface area contributed by atoms with Crippen molar-refractivity contribution in [1.29, 1.82) is 0 Å². The molecule has 0 heterocycles. The fourth-order valence-electron chi connectivity index (χ4n) is 2.60. The van der Waals surface area contributed by atoms with Crippen LogP contribution in [0.3, 0.4) is 0 Å². The van der Waals surface area contributed by atoms with Gasteiger partial charge in [0, 0.05) is 6.54 Å². The summed E-state index contributed by atoms with van der Waals surface area (Å²) in [5, 5.41) is 13.8. The summed E-state index contributed by atoms with van der Waals surface area (Å²) in [5.41, 5.74) is 3.23. The zero-order valence-electron chi connectivity index (χ0n) is 12.0. The standard InChI is InChI=1S/C18H19NO2/c1-21-15-9-6-13(7-10-15)12-19-17-11-8-14-4-2-3-5-16(14)18(17)20/h2-11,17-20H,12H2,1H3/t17?,18-/m1/s1. The van der Waals surface area contributed by atoms with Gasteiger partial charge in [-0.3, -0.25) is 0 Å². The average Bonchev–Trinajstić information content (AvgIpc) is 2.55. The molecule has 0 radical (unpaired) electrons. The van der Waals surface area contributed by atoms with E-state index >= 15 is 0 Å². The summed E-state index contributed by atoms with van der Waals surface area (Å²) >= 11 is 0. The molecule has 108 valence electrons. The van der Waals surface area contributed by atoms with Crippen LogP contribution in [0.4, 0.5) is 0 Å². The molecule has 0 fully saturated rings. The minimum Gasteiger partial charge on any atom is -0.497 e. The maximum atomic E-state index is 10.4.